The Morgan fingerprint density at radius 2 is 1.73 bits per heavy atom. The highest BCUT2D eigenvalue weighted by Gasteiger charge is 2.47. The van der Waals surface area contributed by atoms with Crippen LogP contribution in [0.15, 0.2) is 47.5 Å². The summed E-state index contributed by atoms with van der Waals surface area (Å²) in [6.07, 6.45) is 5.05. The summed E-state index contributed by atoms with van der Waals surface area (Å²) in [6.45, 7) is 1.21. The van der Waals surface area contributed by atoms with Crippen LogP contribution in [0.1, 0.15) is 68.7 Å². The predicted molar refractivity (Wildman–Crippen MR) is 201 cm³/mol. The number of pyridine rings is 2. The molecule has 2 aliphatic heterocycles. The van der Waals surface area contributed by atoms with Crippen molar-refractivity contribution in [3.8, 4) is 28.4 Å². The Kier molecular flexibility index (Phi) is 11.2. The average molecular weight is 755 g/mol. The standard InChI is InChI=1S/C39H42N6O10/c1-43(2)19-21-15-30(54-5)25(16-29(21)53-4)27-20-44(3)36(48)26-18-41-31(17-24(26)27)40-13-7-6-8-14-55-34-23(39(51)52)10-9-22-33(34)38(50)45(37(22)49)28-11-12-32(46)42-35(28)47/h9-10,15-18,20,28H,6-8,11-14,19H2,1-5H3,(H,40,41)(H,51,52)(H,42,46,47). The molecular weight excluding hydrogens is 712 g/mol. The molecule has 1 saturated heterocycles. The number of nitrogens with one attached hydrogen (secondary N) is 2. The monoisotopic (exact) mass is 754 g/mol. The molecule has 1 fully saturated rings. The lowest BCUT2D eigenvalue weighted by Crippen LogP contribution is -2.54. The number of aromatic nitrogens is 2. The number of piperidine rings is 1. The number of nitrogens with zero attached hydrogens (tertiary/aromatic N) is 4. The molecule has 6 rings (SSSR count). The van der Waals surface area contributed by atoms with Gasteiger partial charge in [0.15, 0.2) is 0 Å². The van der Waals surface area contributed by atoms with E-state index in [2.05, 4.69) is 15.6 Å². The van der Waals surface area contributed by atoms with Gasteiger partial charge in [0.1, 0.15) is 34.7 Å². The minimum absolute atomic E-state index is 0.0322. The summed E-state index contributed by atoms with van der Waals surface area (Å²) in [6, 6.07) is 6.92. The fourth-order valence-electron chi connectivity index (χ4n) is 6.95. The number of hydrogen-bond donors (Lipinski definition) is 3. The summed E-state index contributed by atoms with van der Waals surface area (Å²) in [4.78, 5) is 83.3. The van der Waals surface area contributed by atoms with Crippen molar-refractivity contribution in [3.63, 3.8) is 0 Å². The number of carbonyl (C=O) groups excluding carboxylic acids is 4. The van der Waals surface area contributed by atoms with Crippen LogP contribution in [0.25, 0.3) is 21.9 Å². The lowest BCUT2D eigenvalue weighted by atomic mass is 9.98. The number of carboxylic acid groups (broad SMARTS) is 1. The number of imide groups is 2. The van der Waals surface area contributed by atoms with Crippen molar-refractivity contribution in [3.05, 3.63) is 75.3 Å². The van der Waals surface area contributed by atoms with E-state index in [9.17, 15) is 33.9 Å². The van der Waals surface area contributed by atoms with E-state index < -0.39 is 35.6 Å². The number of aromatic carboxylic acids is 1. The summed E-state index contributed by atoms with van der Waals surface area (Å²) in [5, 5.41) is 16.4. The number of unbranched alkanes of at least 4 members (excludes halogenated alkanes) is 2. The average Bonchev–Trinajstić information content (AvgIpc) is 3.40. The maximum absolute atomic E-state index is 13.5. The van der Waals surface area contributed by atoms with Gasteiger partial charge < -0.3 is 34.1 Å². The molecule has 55 heavy (non-hydrogen) atoms. The maximum atomic E-state index is 13.5. The first-order chi connectivity index (χ1) is 26.3. The fourth-order valence-corrected chi connectivity index (χ4v) is 6.95. The van der Waals surface area contributed by atoms with Crippen molar-refractivity contribution in [2.24, 2.45) is 7.05 Å². The minimum atomic E-state index is -1.34. The van der Waals surface area contributed by atoms with Gasteiger partial charge in [0.25, 0.3) is 17.4 Å². The van der Waals surface area contributed by atoms with Gasteiger partial charge in [-0.2, -0.15) is 0 Å². The van der Waals surface area contributed by atoms with Crippen LogP contribution in [0.3, 0.4) is 0 Å². The lowest BCUT2D eigenvalue weighted by Gasteiger charge is -2.27. The SMILES string of the molecule is COc1cc(-c2cn(C)c(=O)c3cnc(NCCCCCOc4c(C(=O)O)ccc5c4C(=O)N(C4CCC(=O)NC4=O)C5=O)cc23)c(OC)cc1CN(C)C. The van der Waals surface area contributed by atoms with Crippen molar-refractivity contribution in [1.82, 2.24) is 24.7 Å². The number of fused-ring (bicyclic) bond motifs is 2. The van der Waals surface area contributed by atoms with Crippen LogP contribution in [0.4, 0.5) is 5.82 Å². The van der Waals surface area contributed by atoms with E-state index in [0.717, 1.165) is 21.6 Å². The van der Waals surface area contributed by atoms with Crippen molar-refractivity contribution in [2.45, 2.75) is 44.7 Å². The molecule has 16 heteroatoms. The molecular formula is C39H42N6O10. The molecule has 1 atom stereocenters. The molecule has 4 heterocycles. The molecule has 2 aromatic carbocycles. The third-order valence-corrected chi connectivity index (χ3v) is 9.61. The third-order valence-electron chi connectivity index (χ3n) is 9.61. The Hall–Kier alpha value is -6.29. The number of aryl methyl sites for hydroxylation is 1. The second-order valence-corrected chi connectivity index (χ2v) is 13.6. The zero-order chi connectivity index (χ0) is 39.6. The molecule has 288 valence electrons. The van der Waals surface area contributed by atoms with E-state index in [-0.39, 0.29) is 47.4 Å². The van der Waals surface area contributed by atoms with Crippen LogP contribution < -0.4 is 30.4 Å². The van der Waals surface area contributed by atoms with Gasteiger partial charge in [-0.05, 0) is 70.1 Å². The molecule has 3 N–H and O–H groups in total. The van der Waals surface area contributed by atoms with Crippen molar-refractivity contribution in [2.75, 3.05) is 46.8 Å². The van der Waals surface area contributed by atoms with E-state index in [4.69, 9.17) is 14.2 Å². The van der Waals surface area contributed by atoms with Gasteiger partial charge in [-0.25, -0.2) is 9.78 Å². The highest BCUT2D eigenvalue weighted by Crippen LogP contribution is 2.40. The summed E-state index contributed by atoms with van der Waals surface area (Å²) in [7, 11) is 8.84. The zero-order valence-electron chi connectivity index (χ0n) is 31.2. The van der Waals surface area contributed by atoms with Gasteiger partial charge in [-0.1, -0.05) is 0 Å². The number of anilines is 1. The van der Waals surface area contributed by atoms with Crippen LogP contribution in [0, 0.1) is 0 Å². The lowest BCUT2D eigenvalue weighted by molar-refractivity contribution is -0.136. The van der Waals surface area contributed by atoms with Crippen LogP contribution >= 0.6 is 0 Å². The third kappa shape index (κ3) is 7.58. The number of carbonyl (C=O) groups is 5. The van der Waals surface area contributed by atoms with Crippen LogP contribution in [0.5, 0.6) is 17.2 Å². The van der Waals surface area contributed by atoms with Crippen molar-refractivity contribution >= 4 is 46.2 Å². The molecule has 0 radical (unpaired) electrons. The van der Waals surface area contributed by atoms with Crippen LogP contribution in [-0.4, -0.2) is 102 Å². The Labute approximate surface area is 316 Å². The molecule has 4 aromatic rings. The summed E-state index contributed by atoms with van der Waals surface area (Å²) < 4.78 is 18.9. The van der Waals surface area contributed by atoms with Gasteiger partial charge in [-0.15, -0.1) is 0 Å². The second-order valence-electron chi connectivity index (χ2n) is 13.6. The summed E-state index contributed by atoms with van der Waals surface area (Å²) >= 11 is 0. The van der Waals surface area contributed by atoms with Gasteiger partial charge in [-0.3, -0.25) is 34.2 Å². The van der Waals surface area contributed by atoms with E-state index in [0.29, 0.717) is 60.4 Å². The Morgan fingerprint density at radius 1 is 0.964 bits per heavy atom. The number of hydrogen-bond acceptors (Lipinski definition) is 12. The van der Waals surface area contributed by atoms with Crippen LogP contribution in [-0.2, 0) is 23.2 Å². The predicted octanol–water partition coefficient (Wildman–Crippen LogP) is 3.44. The number of rotatable bonds is 15. The highest BCUT2D eigenvalue weighted by molar-refractivity contribution is 6.25. The van der Waals surface area contributed by atoms with E-state index in [1.807, 2.05) is 37.2 Å². The van der Waals surface area contributed by atoms with Gasteiger partial charge in [0.05, 0.1) is 37.3 Å². The normalized spacial score (nSPS) is 15.4. The largest absolute Gasteiger partial charge is 0.496 e. The Morgan fingerprint density at radius 3 is 2.42 bits per heavy atom. The second kappa shape index (κ2) is 16.0. The smallest absolute Gasteiger partial charge is 0.339 e. The first-order valence-corrected chi connectivity index (χ1v) is 17.7. The molecule has 0 bridgehead atoms. The Bertz CT molecular complexity index is 2280. The quantitative estimate of drug-likeness (QED) is 0.118. The van der Waals surface area contributed by atoms with Crippen LogP contribution in [0.2, 0.25) is 0 Å². The number of amides is 4. The molecule has 2 aliphatic rings. The van der Waals surface area contributed by atoms with Gasteiger partial charge >= 0.3 is 5.97 Å². The summed E-state index contributed by atoms with van der Waals surface area (Å²) in [5.74, 6) is -2.57. The van der Waals surface area contributed by atoms with Crippen molar-refractivity contribution in [1.29, 1.82) is 0 Å². The highest BCUT2D eigenvalue weighted by atomic mass is 16.5. The molecule has 1 unspecified atom stereocenters. The summed E-state index contributed by atoms with van der Waals surface area (Å²) in [5.41, 5.74) is 1.70. The zero-order valence-corrected chi connectivity index (χ0v) is 31.2. The van der Waals surface area contributed by atoms with E-state index in [1.54, 1.807) is 33.7 Å². The molecule has 4 amide bonds. The van der Waals surface area contributed by atoms with E-state index in [1.165, 1.54) is 16.7 Å². The minimum Gasteiger partial charge on any atom is -0.496 e. The first-order valence-electron chi connectivity index (χ1n) is 17.7. The number of methoxy groups -OCH3 is 2. The Balaban J connectivity index is 1.13. The molecule has 2 aromatic heterocycles. The topological polar surface area (TPSA) is 199 Å². The molecule has 16 nitrogen and oxygen atoms in total. The first kappa shape index (κ1) is 38.4. The van der Waals surface area contributed by atoms with Gasteiger partial charge in [0, 0.05) is 61.0 Å². The van der Waals surface area contributed by atoms with Gasteiger partial charge in [0.2, 0.25) is 11.8 Å². The fraction of sp³-hybridized carbons (Fsp3) is 0.359. The number of benzene rings is 2. The number of ether oxygens (including phenoxy) is 3. The van der Waals surface area contributed by atoms with Crippen molar-refractivity contribution < 1.29 is 43.3 Å². The molecule has 0 saturated carbocycles. The van der Waals surface area contributed by atoms with E-state index >= 15 is 0 Å². The molecule has 0 aliphatic carbocycles. The molecule has 0 spiro atoms. The number of carboxylic acids is 1. The maximum Gasteiger partial charge on any atom is 0.339 e.